The number of hydrogen-bond donors (Lipinski definition) is 2. The Labute approximate surface area is 120 Å². The topological polar surface area (TPSA) is 64.1 Å². The molecule has 3 N–H and O–H groups in total. The highest BCUT2D eigenvalue weighted by Gasteiger charge is 2.23. The van der Waals surface area contributed by atoms with Gasteiger partial charge in [-0.3, -0.25) is 0 Å². The molecule has 1 aromatic heterocycles. The molecule has 2 atom stereocenters. The van der Waals surface area contributed by atoms with E-state index in [0.29, 0.717) is 17.6 Å². The van der Waals surface area contributed by atoms with Gasteiger partial charge in [0.05, 0.1) is 11.0 Å². The summed E-state index contributed by atoms with van der Waals surface area (Å²) in [5.41, 5.74) is 8.45. The number of hydrogen-bond acceptors (Lipinski definition) is 3. The lowest BCUT2D eigenvalue weighted by Crippen LogP contribution is -2.19. The first-order valence-electron chi connectivity index (χ1n) is 7.44. The summed E-state index contributed by atoms with van der Waals surface area (Å²) in [6, 6.07) is 6.08. The lowest BCUT2D eigenvalue weighted by atomic mass is 9.95. The SMILES string of the molecule is CCC(CC)C(C)n1c(C(C)O)nc2cc(N)ccc21. The van der Waals surface area contributed by atoms with Crippen molar-refractivity contribution in [3.63, 3.8) is 0 Å². The summed E-state index contributed by atoms with van der Waals surface area (Å²) in [7, 11) is 0. The zero-order chi connectivity index (χ0) is 14.9. The van der Waals surface area contributed by atoms with Crippen LogP contribution in [0.15, 0.2) is 18.2 Å². The number of aliphatic hydroxyl groups excluding tert-OH is 1. The second-order valence-electron chi connectivity index (χ2n) is 5.58. The first kappa shape index (κ1) is 14.9. The standard InChI is InChI=1S/C16H25N3O/c1-5-12(6-2)10(3)19-15-8-7-13(17)9-14(15)18-16(19)11(4)20/h7-12,20H,5-6,17H2,1-4H3. The molecule has 0 saturated carbocycles. The van der Waals surface area contributed by atoms with Crippen LogP contribution in [0.1, 0.15) is 58.5 Å². The van der Waals surface area contributed by atoms with Crippen molar-refractivity contribution >= 4 is 16.7 Å². The number of imidazole rings is 1. The number of aliphatic hydroxyl groups is 1. The van der Waals surface area contributed by atoms with E-state index in [4.69, 9.17) is 5.73 Å². The molecule has 4 heteroatoms. The van der Waals surface area contributed by atoms with E-state index in [9.17, 15) is 5.11 Å². The molecule has 110 valence electrons. The molecular formula is C16H25N3O. The van der Waals surface area contributed by atoms with E-state index in [1.54, 1.807) is 6.92 Å². The van der Waals surface area contributed by atoms with Gasteiger partial charge in [0.25, 0.3) is 0 Å². The Morgan fingerprint density at radius 1 is 1.25 bits per heavy atom. The Morgan fingerprint density at radius 2 is 1.90 bits per heavy atom. The maximum Gasteiger partial charge on any atom is 0.138 e. The molecule has 0 aliphatic heterocycles. The van der Waals surface area contributed by atoms with Gasteiger partial charge in [-0.2, -0.15) is 0 Å². The van der Waals surface area contributed by atoms with Gasteiger partial charge >= 0.3 is 0 Å². The highest BCUT2D eigenvalue weighted by atomic mass is 16.3. The van der Waals surface area contributed by atoms with E-state index in [0.717, 1.165) is 29.7 Å². The number of benzene rings is 1. The highest BCUT2D eigenvalue weighted by molar-refractivity contribution is 5.80. The molecule has 2 rings (SSSR count). The van der Waals surface area contributed by atoms with Crippen molar-refractivity contribution in [2.24, 2.45) is 5.92 Å². The van der Waals surface area contributed by atoms with Crippen molar-refractivity contribution in [3.05, 3.63) is 24.0 Å². The number of aromatic nitrogens is 2. The summed E-state index contributed by atoms with van der Waals surface area (Å²) in [6.07, 6.45) is 1.65. The van der Waals surface area contributed by atoms with Crippen LogP contribution in [-0.4, -0.2) is 14.7 Å². The van der Waals surface area contributed by atoms with Gasteiger partial charge in [-0.25, -0.2) is 4.98 Å². The van der Waals surface area contributed by atoms with E-state index in [1.165, 1.54) is 0 Å². The predicted molar refractivity (Wildman–Crippen MR) is 83.6 cm³/mol. The van der Waals surface area contributed by atoms with Crippen molar-refractivity contribution < 1.29 is 5.11 Å². The summed E-state index contributed by atoms with van der Waals surface area (Å²) < 4.78 is 2.18. The maximum atomic E-state index is 10.0. The summed E-state index contributed by atoms with van der Waals surface area (Å²) >= 11 is 0. The summed E-state index contributed by atoms with van der Waals surface area (Å²) in [6.45, 7) is 8.40. The van der Waals surface area contributed by atoms with Crippen LogP contribution >= 0.6 is 0 Å². The Kier molecular flexibility index (Phi) is 4.33. The summed E-state index contributed by atoms with van der Waals surface area (Å²) in [4.78, 5) is 4.58. The summed E-state index contributed by atoms with van der Waals surface area (Å²) in [5.74, 6) is 1.30. The third-order valence-electron chi connectivity index (χ3n) is 4.25. The van der Waals surface area contributed by atoms with Crippen molar-refractivity contribution in [1.29, 1.82) is 0 Å². The van der Waals surface area contributed by atoms with Crippen LogP contribution in [0.25, 0.3) is 11.0 Å². The minimum atomic E-state index is -0.583. The van der Waals surface area contributed by atoms with Crippen LogP contribution < -0.4 is 5.73 Å². The van der Waals surface area contributed by atoms with E-state index >= 15 is 0 Å². The number of nitrogens with zero attached hydrogens (tertiary/aromatic N) is 2. The Morgan fingerprint density at radius 3 is 2.45 bits per heavy atom. The molecule has 2 unspecified atom stereocenters. The molecule has 0 fully saturated rings. The molecule has 0 radical (unpaired) electrons. The molecule has 0 spiro atoms. The zero-order valence-corrected chi connectivity index (χ0v) is 12.8. The molecule has 4 nitrogen and oxygen atoms in total. The highest BCUT2D eigenvalue weighted by Crippen LogP contribution is 2.32. The third-order valence-corrected chi connectivity index (χ3v) is 4.25. The van der Waals surface area contributed by atoms with Gasteiger partial charge in [0.2, 0.25) is 0 Å². The quantitative estimate of drug-likeness (QED) is 0.818. The number of anilines is 1. The van der Waals surface area contributed by atoms with Crippen molar-refractivity contribution in [3.8, 4) is 0 Å². The molecule has 2 aromatic rings. The number of nitrogen functional groups attached to an aromatic ring is 1. The van der Waals surface area contributed by atoms with Crippen LogP contribution in [-0.2, 0) is 0 Å². The maximum absolute atomic E-state index is 10.0. The van der Waals surface area contributed by atoms with Crippen molar-refractivity contribution in [2.45, 2.75) is 52.7 Å². The average Bonchev–Trinajstić information content (AvgIpc) is 2.78. The Hall–Kier alpha value is -1.55. The van der Waals surface area contributed by atoms with Crippen LogP contribution in [0.5, 0.6) is 0 Å². The van der Waals surface area contributed by atoms with Crippen molar-refractivity contribution in [1.82, 2.24) is 9.55 Å². The Bertz CT molecular complexity index is 585. The second kappa shape index (κ2) is 5.83. The molecule has 0 bridgehead atoms. The monoisotopic (exact) mass is 275 g/mol. The molecule has 0 amide bonds. The van der Waals surface area contributed by atoms with E-state index < -0.39 is 6.10 Å². The smallest absolute Gasteiger partial charge is 0.138 e. The normalized spacial score (nSPS) is 14.9. The van der Waals surface area contributed by atoms with Crippen molar-refractivity contribution in [2.75, 3.05) is 5.73 Å². The van der Waals surface area contributed by atoms with Gasteiger partial charge in [-0.15, -0.1) is 0 Å². The first-order valence-corrected chi connectivity index (χ1v) is 7.44. The number of nitrogens with two attached hydrogens (primary N) is 1. The second-order valence-corrected chi connectivity index (χ2v) is 5.58. The summed E-state index contributed by atoms with van der Waals surface area (Å²) in [5, 5.41) is 10.0. The molecule has 0 aliphatic carbocycles. The molecule has 20 heavy (non-hydrogen) atoms. The van der Waals surface area contributed by atoms with Gasteiger partial charge in [0.1, 0.15) is 11.9 Å². The third kappa shape index (κ3) is 2.52. The van der Waals surface area contributed by atoms with E-state index in [2.05, 4.69) is 30.3 Å². The Balaban J connectivity index is 2.62. The van der Waals surface area contributed by atoms with Gasteiger partial charge in [0, 0.05) is 11.7 Å². The zero-order valence-electron chi connectivity index (χ0n) is 12.8. The fraction of sp³-hybridized carbons (Fsp3) is 0.562. The minimum absolute atomic E-state index is 0.309. The number of rotatable bonds is 5. The first-order chi connectivity index (χ1) is 9.49. The molecule has 1 aromatic carbocycles. The van der Waals surface area contributed by atoms with Gasteiger partial charge in [-0.05, 0) is 38.0 Å². The van der Waals surface area contributed by atoms with Gasteiger partial charge in [-0.1, -0.05) is 26.7 Å². The van der Waals surface area contributed by atoms with E-state index in [-0.39, 0.29) is 0 Å². The lowest BCUT2D eigenvalue weighted by molar-refractivity contribution is 0.177. The number of fused-ring (bicyclic) bond motifs is 1. The molecule has 0 aliphatic rings. The molecule has 1 heterocycles. The predicted octanol–water partition coefficient (Wildman–Crippen LogP) is 3.67. The molecular weight excluding hydrogens is 250 g/mol. The minimum Gasteiger partial charge on any atom is -0.399 e. The lowest BCUT2D eigenvalue weighted by Gasteiger charge is -2.26. The average molecular weight is 275 g/mol. The van der Waals surface area contributed by atoms with Crippen LogP contribution in [0.4, 0.5) is 5.69 Å². The molecule has 0 saturated heterocycles. The van der Waals surface area contributed by atoms with E-state index in [1.807, 2.05) is 18.2 Å². The fourth-order valence-corrected chi connectivity index (χ4v) is 3.04. The van der Waals surface area contributed by atoms with Crippen LogP contribution in [0, 0.1) is 5.92 Å². The van der Waals surface area contributed by atoms with Gasteiger partial charge < -0.3 is 15.4 Å². The van der Waals surface area contributed by atoms with Crippen LogP contribution in [0.3, 0.4) is 0 Å². The van der Waals surface area contributed by atoms with Gasteiger partial charge in [0.15, 0.2) is 0 Å². The van der Waals surface area contributed by atoms with Crippen LogP contribution in [0.2, 0.25) is 0 Å². The largest absolute Gasteiger partial charge is 0.399 e. The fourth-order valence-electron chi connectivity index (χ4n) is 3.04.